The molecule has 1 heterocycles. The third kappa shape index (κ3) is 3.17. The van der Waals surface area contributed by atoms with E-state index in [-0.39, 0.29) is 23.8 Å². The van der Waals surface area contributed by atoms with Crippen LogP contribution >= 0.6 is 0 Å². The standard InChI is InChI=1S/C20H27N3O2/c21-19-13-5-3-6-14(19)12-15(11-13)20(25)22-16-7-1-2-8-17(16)23-10-4-9-18(23)24/h1-2,7-8,13-15,19H,3-6,9-12,21H2,(H,22,25). The molecule has 2 unspecified atom stereocenters. The fraction of sp³-hybridized carbons (Fsp3) is 0.600. The van der Waals surface area contributed by atoms with Crippen molar-refractivity contribution >= 4 is 23.2 Å². The van der Waals surface area contributed by atoms with Gasteiger partial charge in [0.15, 0.2) is 0 Å². The van der Waals surface area contributed by atoms with Gasteiger partial charge in [-0.2, -0.15) is 0 Å². The fourth-order valence-electron chi connectivity index (χ4n) is 4.96. The first kappa shape index (κ1) is 16.6. The first-order valence-electron chi connectivity index (χ1n) is 9.59. The number of para-hydroxylation sites is 2. The molecular formula is C20H27N3O2. The largest absolute Gasteiger partial charge is 0.327 e. The van der Waals surface area contributed by atoms with Crippen molar-refractivity contribution in [1.29, 1.82) is 0 Å². The summed E-state index contributed by atoms with van der Waals surface area (Å²) in [5.41, 5.74) is 7.92. The topological polar surface area (TPSA) is 75.4 Å². The predicted molar refractivity (Wildman–Crippen MR) is 98.2 cm³/mol. The Bertz CT molecular complexity index is 661. The molecule has 2 amide bonds. The molecule has 2 bridgehead atoms. The predicted octanol–water partition coefficient (Wildman–Crippen LogP) is 2.91. The van der Waals surface area contributed by atoms with Gasteiger partial charge in [0.1, 0.15) is 0 Å². The van der Waals surface area contributed by atoms with E-state index < -0.39 is 0 Å². The number of hydrogen-bond acceptors (Lipinski definition) is 3. The average Bonchev–Trinajstić information content (AvgIpc) is 3.01. The molecule has 0 radical (unpaired) electrons. The third-order valence-electron chi connectivity index (χ3n) is 6.31. The Morgan fingerprint density at radius 3 is 2.52 bits per heavy atom. The molecule has 0 spiro atoms. The van der Waals surface area contributed by atoms with Gasteiger partial charge in [-0.3, -0.25) is 9.59 Å². The van der Waals surface area contributed by atoms with E-state index in [9.17, 15) is 9.59 Å². The number of hydrogen-bond donors (Lipinski definition) is 2. The molecule has 3 aliphatic rings. The minimum Gasteiger partial charge on any atom is -0.327 e. The van der Waals surface area contributed by atoms with Crippen molar-refractivity contribution in [2.45, 2.75) is 51.0 Å². The monoisotopic (exact) mass is 341 g/mol. The van der Waals surface area contributed by atoms with E-state index in [1.54, 1.807) is 4.90 Å². The highest BCUT2D eigenvalue weighted by Crippen LogP contribution is 2.42. The number of carbonyl (C=O) groups excluding carboxylic acids is 2. The van der Waals surface area contributed by atoms with E-state index >= 15 is 0 Å². The molecule has 25 heavy (non-hydrogen) atoms. The minimum absolute atomic E-state index is 0.0393. The molecule has 134 valence electrons. The molecule has 2 saturated carbocycles. The number of fused-ring (bicyclic) bond motifs is 2. The van der Waals surface area contributed by atoms with Gasteiger partial charge < -0.3 is 16.0 Å². The van der Waals surface area contributed by atoms with Crippen molar-refractivity contribution in [1.82, 2.24) is 0 Å². The van der Waals surface area contributed by atoms with E-state index in [4.69, 9.17) is 5.73 Å². The van der Waals surface area contributed by atoms with Gasteiger partial charge in [-0.15, -0.1) is 0 Å². The maximum absolute atomic E-state index is 12.9. The van der Waals surface area contributed by atoms with Gasteiger partial charge >= 0.3 is 0 Å². The van der Waals surface area contributed by atoms with E-state index in [0.717, 1.165) is 50.0 Å². The Morgan fingerprint density at radius 1 is 1.12 bits per heavy atom. The normalized spacial score (nSPS) is 31.9. The molecule has 1 aliphatic heterocycles. The molecule has 1 saturated heterocycles. The molecule has 4 rings (SSSR count). The van der Waals surface area contributed by atoms with Crippen LogP contribution in [0.5, 0.6) is 0 Å². The summed E-state index contributed by atoms with van der Waals surface area (Å²) in [6, 6.07) is 7.91. The number of nitrogens with one attached hydrogen (secondary N) is 1. The van der Waals surface area contributed by atoms with Gasteiger partial charge in [0.25, 0.3) is 0 Å². The molecule has 5 heteroatoms. The average molecular weight is 341 g/mol. The summed E-state index contributed by atoms with van der Waals surface area (Å²) in [6.45, 7) is 0.730. The first-order chi connectivity index (χ1) is 12.1. The van der Waals surface area contributed by atoms with Gasteiger partial charge in [0.2, 0.25) is 11.8 Å². The SMILES string of the molecule is NC1C2CCCC1CC(C(=O)Nc1ccccc1N1CCCC1=O)C2. The number of nitrogens with two attached hydrogens (primary N) is 1. The highest BCUT2D eigenvalue weighted by molar-refractivity contribution is 6.02. The molecular weight excluding hydrogens is 314 g/mol. The van der Waals surface area contributed by atoms with E-state index in [1.807, 2.05) is 24.3 Å². The third-order valence-corrected chi connectivity index (χ3v) is 6.31. The van der Waals surface area contributed by atoms with Crippen LogP contribution in [0.4, 0.5) is 11.4 Å². The number of nitrogens with zero attached hydrogens (tertiary/aromatic N) is 1. The number of benzene rings is 1. The number of amides is 2. The molecule has 2 aliphatic carbocycles. The van der Waals surface area contributed by atoms with Crippen molar-refractivity contribution in [3.8, 4) is 0 Å². The van der Waals surface area contributed by atoms with Gasteiger partial charge in [-0.25, -0.2) is 0 Å². The van der Waals surface area contributed by atoms with E-state index in [2.05, 4.69) is 5.32 Å². The van der Waals surface area contributed by atoms with Gasteiger partial charge in [0.05, 0.1) is 11.4 Å². The zero-order valence-corrected chi connectivity index (χ0v) is 14.6. The smallest absolute Gasteiger partial charge is 0.227 e. The zero-order chi connectivity index (χ0) is 17.4. The van der Waals surface area contributed by atoms with Crippen LogP contribution < -0.4 is 16.0 Å². The Kier molecular flexibility index (Phi) is 4.50. The number of carbonyl (C=O) groups is 2. The van der Waals surface area contributed by atoms with Crippen molar-refractivity contribution in [2.75, 3.05) is 16.8 Å². The first-order valence-corrected chi connectivity index (χ1v) is 9.59. The highest BCUT2D eigenvalue weighted by Gasteiger charge is 2.40. The van der Waals surface area contributed by atoms with Crippen LogP contribution in [0.3, 0.4) is 0 Å². The number of anilines is 2. The Hall–Kier alpha value is -1.88. The van der Waals surface area contributed by atoms with Crippen LogP contribution in [0.25, 0.3) is 0 Å². The zero-order valence-electron chi connectivity index (χ0n) is 14.6. The summed E-state index contributed by atoms with van der Waals surface area (Å²) in [4.78, 5) is 26.8. The van der Waals surface area contributed by atoms with Crippen LogP contribution in [0.2, 0.25) is 0 Å². The van der Waals surface area contributed by atoms with Crippen molar-refractivity contribution in [3.05, 3.63) is 24.3 Å². The number of rotatable bonds is 3. The molecule has 0 aromatic heterocycles. The van der Waals surface area contributed by atoms with Crippen molar-refractivity contribution in [2.24, 2.45) is 23.5 Å². The second kappa shape index (κ2) is 6.79. The molecule has 3 fully saturated rings. The van der Waals surface area contributed by atoms with Gasteiger partial charge in [0, 0.05) is 24.9 Å². The lowest BCUT2D eigenvalue weighted by atomic mass is 9.65. The summed E-state index contributed by atoms with van der Waals surface area (Å²) in [7, 11) is 0. The van der Waals surface area contributed by atoms with Crippen molar-refractivity contribution in [3.63, 3.8) is 0 Å². The van der Waals surface area contributed by atoms with Gasteiger partial charge in [-0.1, -0.05) is 18.6 Å². The Morgan fingerprint density at radius 2 is 1.84 bits per heavy atom. The Labute approximate surface area is 148 Å². The second-order valence-corrected chi connectivity index (χ2v) is 7.85. The van der Waals surface area contributed by atoms with E-state index in [1.165, 1.54) is 6.42 Å². The summed E-state index contributed by atoms with van der Waals surface area (Å²) >= 11 is 0. The summed E-state index contributed by atoms with van der Waals surface area (Å²) < 4.78 is 0. The lowest BCUT2D eigenvalue weighted by Gasteiger charge is -2.43. The molecule has 1 aromatic carbocycles. The van der Waals surface area contributed by atoms with Crippen LogP contribution in [-0.2, 0) is 9.59 Å². The van der Waals surface area contributed by atoms with Crippen LogP contribution in [0.15, 0.2) is 24.3 Å². The maximum Gasteiger partial charge on any atom is 0.227 e. The summed E-state index contributed by atoms with van der Waals surface area (Å²) in [5, 5.41) is 3.11. The Balaban J connectivity index is 1.49. The molecule has 2 atom stereocenters. The highest BCUT2D eigenvalue weighted by atomic mass is 16.2. The van der Waals surface area contributed by atoms with Gasteiger partial charge in [-0.05, 0) is 56.1 Å². The fourth-order valence-corrected chi connectivity index (χ4v) is 4.96. The summed E-state index contributed by atoms with van der Waals surface area (Å²) in [5.74, 6) is 1.23. The summed E-state index contributed by atoms with van der Waals surface area (Å²) in [6.07, 6.45) is 6.82. The quantitative estimate of drug-likeness (QED) is 0.887. The van der Waals surface area contributed by atoms with E-state index in [0.29, 0.717) is 18.3 Å². The maximum atomic E-state index is 12.9. The van der Waals surface area contributed by atoms with Crippen LogP contribution in [0.1, 0.15) is 44.9 Å². The minimum atomic E-state index is 0.0393. The second-order valence-electron chi connectivity index (χ2n) is 7.85. The lowest BCUT2D eigenvalue weighted by molar-refractivity contribution is -0.122. The molecule has 5 nitrogen and oxygen atoms in total. The molecule has 1 aromatic rings. The van der Waals surface area contributed by atoms with Crippen LogP contribution in [-0.4, -0.2) is 24.4 Å². The van der Waals surface area contributed by atoms with Crippen molar-refractivity contribution < 1.29 is 9.59 Å². The van der Waals surface area contributed by atoms with Crippen LogP contribution in [0, 0.1) is 17.8 Å². The molecule has 3 N–H and O–H groups in total. The lowest BCUT2D eigenvalue weighted by Crippen LogP contribution is -2.48.